The molecule has 1 heterocycles. The van der Waals surface area contributed by atoms with Crippen LogP contribution in [0.4, 0.5) is 4.79 Å². The molecule has 0 radical (unpaired) electrons. The Morgan fingerprint density at radius 3 is 2.65 bits per heavy atom. The molecule has 98 valence electrons. The standard InChI is InChI=1S/C12H21NO4/c1-11(2,3)17-10(15)13-6-9(7-14)16-12(8-13)4-5-12/h9,14H,4-8H2,1-3H3/t9-/m1/s1. The lowest BCUT2D eigenvalue weighted by Crippen LogP contribution is -2.53. The van der Waals surface area contributed by atoms with Gasteiger partial charge in [0.2, 0.25) is 0 Å². The normalized spacial score (nSPS) is 27.1. The molecule has 1 atom stereocenters. The fraction of sp³-hybridized carbons (Fsp3) is 0.917. The van der Waals surface area contributed by atoms with Gasteiger partial charge >= 0.3 is 6.09 Å². The summed E-state index contributed by atoms with van der Waals surface area (Å²) in [5, 5.41) is 9.18. The highest BCUT2D eigenvalue weighted by Crippen LogP contribution is 2.43. The molecule has 1 saturated heterocycles. The highest BCUT2D eigenvalue weighted by molar-refractivity contribution is 5.68. The predicted molar refractivity (Wildman–Crippen MR) is 61.7 cm³/mol. The number of ether oxygens (including phenoxy) is 2. The number of nitrogens with zero attached hydrogens (tertiary/aromatic N) is 1. The molecule has 2 fully saturated rings. The average Bonchev–Trinajstić information content (AvgIpc) is 2.94. The van der Waals surface area contributed by atoms with E-state index in [1.165, 1.54) is 0 Å². The molecule has 0 unspecified atom stereocenters. The Labute approximate surface area is 102 Å². The zero-order valence-electron chi connectivity index (χ0n) is 10.7. The van der Waals surface area contributed by atoms with Crippen molar-refractivity contribution in [1.82, 2.24) is 4.90 Å². The summed E-state index contributed by atoms with van der Waals surface area (Å²) in [5.74, 6) is 0. The SMILES string of the molecule is CC(C)(C)OC(=O)N1C[C@H](CO)OC2(CC2)C1. The van der Waals surface area contributed by atoms with Crippen molar-refractivity contribution in [3.8, 4) is 0 Å². The monoisotopic (exact) mass is 243 g/mol. The van der Waals surface area contributed by atoms with E-state index < -0.39 is 5.60 Å². The second-order valence-corrected chi connectivity index (χ2v) is 5.97. The number of aliphatic hydroxyl groups excluding tert-OH is 1. The van der Waals surface area contributed by atoms with E-state index in [2.05, 4.69) is 0 Å². The van der Waals surface area contributed by atoms with Crippen LogP contribution in [0.1, 0.15) is 33.6 Å². The molecule has 1 saturated carbocycles. The van der Waals surface area contributed by atoms with E-state index >= 15 is 0 Å². The minimum Gasteiger partial charge on any atom is -0.444 e. The fourth-order valence-corrected chi connectivity index (χ4v) is 2.06. The molecule has 0 bridgehead atoms. The molecule has 0 aromatic rings. The van der Waals surface area contributed by atoms with E-state index in [0.717, 1.165) is 12.8 Å². The number of morpholine rings is 1. The van der Waals surface area contributed by atoms with Crippen LogP contribution in [0.25, 0.3) is 0 Å². The summed E-state index contributed by atoms with van der Waals surface area (Å²) < 4.78 is 11.1. The molecule has 1 amide bonds. The van der Waals surface area contributed by atoms with Gasteiger partial charge in [0.05, 0.1) is 31.4 Å². The second kappa shape index (κ2) is 4.14. The third-order valence-electron chi connectivity index (χ3n) is 2.98. The van der Waals surface area contributed by atoms with Gasteiger partial charge in [0.15, 0.2) is 0 Å². The average molecular weight is 243 g/mol. The van der Waals surface area contributed by atoms with Gasteiger partial charge in [-0.1, -0.05) is 0 Å². The summed E-state index contributed by atoms with van der Waals surface area (Å²) in [6, 6.07) is 0. The van der Waals surface area contributed by atoms with Crippen LogP contribution in [0, 0.1) is 0 Å². The van der Waals surface area contributed by atoms with E-state index in [1.807, 2.05) is 20.8 Å². The van der Waals surface area contributed by atoms with Crippen molar-refractivity contribution in [2.24, 2.45) is 0 Å². The number of amides is 1. The van der Waals surface area contributed by atoms with Gasteiger partial charge in [-0.05, 0) is 33.6 Å². The van der Waals surface area contributed by atoms with Crippen molar-refractivity contribution in [2.75, 3.05) is 19.7 Å². The summed E-state index contributed by atoms with van der Waals surface area (Å²) in [7, 11) is 0. The maximum Gasteiger partial charge on any atom is 0.410 e. The maximum absolute atomic E-state index is 12.0. The Hall–Kier alpha value is -0.810. The van der Waals surface area contributed by atoms with E-state index in [-0.39, 0.29) is 24.4 Å². The predicted octanol–water partition coefficient (Wildman–Crippen LogP) is 1.15. The first kappa shape index (κ1) is 12.6. The Morgan fingerprint density at radius 1 is 1.53 bits per heavy atom. The molecule has 2 aliphatic rings. The van der Waals surface area contributed by atoms with Crippen molar-refractivity contribution >= 4 is 6.09 Å². The first-order chi connectivity index (χ1) is 7.84. The van der Waals surface area contributed by atoms with Gasteiger partial charge in [-0.3, -0.25) is 0 Å². The van der Waals surface area contributed by atoms with Gasteiger partial charge in [0.25, 0.3) is 0 Å². The number of carbonyl (C=O) groups excluding carboxylic acids is 1. The van der Waals surface area contributed by atoms with Crippen LogP contribution in [0.15, 0.2) is 0 Å². The number of hydrogen-bond donors (Lipinski definition) is 1. The van der Waals surface area contributed by atoms with E-state index in [0.29, 0.717) is 13.1 Å². The topological polar surface area (TPSA) is 59.0 Å². The maximum atomic E-state index is 12.0. The zero-order chi connectivity index (χ0) is 12.7. The van der Waals surface area contributed by atoms with E-state index in [9.17, 15) is 9.90 Å². The van der Waals surface area contributed by atoms with Crippen molar-refractivity contribution in [1.29, 1.82) is 0 Å². The molecular weight excluding hydrogens is 222 g/mol. The van der Waals surface area contributed by atoms with Gasteiger partial charge in [-0.2, -0.15) is 0 Å². The number of rotatable bonds is 1. The molecule has 1 aliphatic carbocycles. The molecule has 5 heteroatoms. The third kappa shape index (κ3) is 3.10. The highest BCUT2D eigenvalue weighted by Gasteiger charge is 2.51. The molecular formula is C12H21NO4. The van der Waals surface area contributed by atoms with Crippen molar-refractivity contribution in [3.05, 3.63) is 0 Å². The van der Waals surface area contributed by atoms with Gasteiger partial charge < -0.3 is 19.5 Å². The summed E-state index contributed by atoms with van der Waals surface area (Å²) >= 11 is 0. The summed E-state index contributed by atoms with van der Waals surface area (Å²) in [4.78, 5) is 13.6. The second-order valence-electron chi connectivity index (χ2n) is 5.97. The van der Waals surface area contributed by atoms with Crippen LogP contribution in [0.2, 0.25) is 0 Å². The largest absolute Gasteiger partial charge is 0.444 e. The van der Waals surface area contributed by atoms with E-state index in [4.69, 9.17) is 9.47 Å². The number of aliphatic hydroxyl groups is 1. The van der Waals surface area contributed by atoms with Crippen molar-refractivity contribution < 1.29 is 19.4 Å². The fourth-order valence-electron chi connectivity index (χ4n) is 2.06. The Morgan fingerprint density at radius 2 is 2.18 bits per heavy atom. The summed E-state index contributed by atoms with van der Waals surface area (Å²) in [5.41, 5.74) is -0.691. The molecule has 0 aromatic carbocycles. The zero-order valence-corrected chi connectivity index (χ0v) is 10.7. The minimum absolute atomic E-state index is 0.0545. The molecule has 1 spiro atoms. The molecule has 1 N–H and O–H groups in total. The van der Waals surface area contributed by atoms with Gasteiger partial charge in [0, 0.05) is 0 Å². The molecule has 1 aliphatic heterocycles. The Balaban J connectivity index is 1.98. The van der Waals surface area contributed by atoms with Crippen LogP contribution in [-0.4, -0.2) is 53.1 Å². The summed E-state index contributed by atoms with van der Waals surface area (Å²) in [6.45, 7) is 6.48. The van der Waals surface area contributed by atoms with E-state index in [1.54, 1.807) is 4.90 Å². The molecule has 5 nitrogen and oxygen atoms in total. The van der Waals surface area contributed by atoms with Crippen molar-refractivity contribution in [2.45, 2.75) is 50.9 Å². The summed E-state index contributed by atoms with van der Waals surface area (Å²) in [6.07, 6.45) is 1.33. The smallest absolute Gasteiger partial charge is 0.410 e. The van der Waals surface area contributed by atoms with Crippen LogP contribution >= 0.6 is 0 Å². The molecule has 2 rings (SSSR count). The highest BCUT2D eigenvalue weighted by atomic mass is 16.6. The van der Waals surface area contributed by atoms with Crippen LogP contribution < -0.4 is 0 Å². The molecule has 17 heavy (non-hydrogen) atoms. The first-order valence-corrected chi connectivity index (χ1v) is 6.10. The quantitative estimate of drug-likeness (QED) is 0.750. The van der Waals surface area contributed by atoms with Gasteiger partial charge in [0.1, 0.15) is 5.60 Å². The van der Waals surface area contributed by atoms with Crippen molar-refractivity contribution in [3.63, 3.8) is 0 Å². The number of hydrogen-bond acceptors (Lipinski definition) is 4. The lowest BCUT2D eigenvalue weighted by molar-refractivity contribution is -0.116. The van der Waals surface area contributed by atoms with Gasteiger partial charge in [-0.25, -0.2) is 4.79 Å². The Kier molecular flexibility index (Phi) is 3.08. The minimum atomic E-state index is -0.485. The van der Waals surface area contributed by atoms with Crippen LogP contribution in [0.3, 0.4) is 0 Å². The third-order valence-corrected chi connectivity index (χ3v) is 2.98. The van der Waals surface area contributed by atoms with Gasteiger partial charge in [-0.15, -0.1) is 0 Å². The Bertz CT molecular complexity index is 306. The van der Waals surface area contributed by atoms with Crippen LogP contribution in [-0.2, 0) is 9.47 Å². The lowest BCUT2D eigenvalue weighted by atomic mass is 10.2. The first-order valence-electron chi connectivity index (χ1n) is 6.10. The molecule has 0 aromatic heterocycles. The lowest BCUT2D eigenvalue weighted by Gasteiger charge is -2.38. The number of carbonyl (C=O) groups is 1. The van der Waals surface area contributed by atoms with Crippen LogP contribution in [0.5, 0.6) is 0 Å².